The molecule has 4 heteroatoms. The van der Waals surface area contributed by atoms with Crippen molar-refractivity contribution in [3.05, 3.63) is 101 Å². The first-order chi connectivity index (χ1) is 14.8. The molecule has 1 aliphatic carbocycles. The molecule has 0 unspecified atom stereocenters. The fourth-order valence-corrected chi connectivity index (χ4v) is 4.92. The van der Waals surface area contributed by atoms with Crippen LogP contribution in [-0.2, 0) is 0 Å². The number of rotatable bonds is 2. The van der Waals surface area contributed by atoms with Crippen LogP contribution in [-0.4, -0.2) is 4.98 Å². The molecule has 0 amide bonds. The molecule has 1 aliphatic heterocycles. The molecule has 0 bridgehead atoms. The molecule has 6 rings (SSSR count). The highest BCUT2D eigenvalue weighted by molar-refractivity contribution is 7.99. The van der Waals surface area contributed by atoms with Gasteiger partial charge in [-0.15, -0.1) is 0 Å². The predicted octanol–water partition coefficient (Wildman–Crippen LogP) is 6.75. The van der Waals surface area contributed by atoms with Gasteiger partial charge in [0.25, 0.3) is 0 Å². The van der Waals surface area contributed by atoms with Crippen molar-refractivity contribution in [2.75, 3.05) is 0 Å². The van der Waals surface area contributed by atoms with Crippen LogP contribution < -0.4 is 5.43 Å². The number of hydrogen-bond donors (Lipinski definition) is 0. The smallest absolute Gasteiger partial charge is 0.190 e. The first-order valence-electron chi connectivity index (χ1n) is 9.69. The maximum atomic E-state index is 12.6. The summed E-state index contributed by atoms with van der Waals surface area (Å²) in [5.74, 6) is 0.511. The van der Waals surface area contributed by atoms with Gasteiger partial charge in [-0.25, -0.2) is 4.98 Å². The maximum Gasteiger partial charge on any atom is 0.190 e. The van der Waals surface area contributed by atoms with Crippen LogP contribution in [0.3, 0.4) is 0 Å². The van der Waals surface area contributed by atoms with Gasteiger partial charge in [0.15, 0.2) is 16.8 Å². The lowest BCUT2D eigenvalue weighted by molar-refractivity contribution is 0.613. The molecule has 0 radical (unpaired) electrons. The van der Waals surface area contributed by atoms with E-state index in [0.717, 1.165) is 31.5 Å². The topological polar surface area (TPSA) is 43.1 Å². The zero-order valence-electron chi connectivity index (χ0n) is 15.8. The van der Waals surface area contributed by atoms with E-state index >= 15 is 0 Å². The lowest BCUT2D eigenvalue weighted by Crippen LogP contribution is -2.03. The molecule has 1 heterocycles. The van der Waals surface area contributed by atoms with E-state index in [0.29, 0.717) is 22.4 Å². The van der Waals surface area contributed by atoms with Crippen molar-refractivity contribution in [1.82, 2.24) is 4.98 Å². The molecule has 4 aromatic carbocycles. The fraction of sp³-hybridized carbons (Fsp3) is 0. The van der Waals surface area contributed by atoms with Gasteiger partial charge in [-0.1, -0.05) is 78.5 Å². The summed E-state index contributed by atoms with van der Waals surface area (Å²) in [4.78, 5) is 19.8. The molecule has 0 spiro atoms. The van der Waals surface area contributed by atoms with E-state index in [1.807, 2.05) is 60.7 Å². The maximum absolute atomic E-state index is 12.6. The van der Waals surface area contributed by atoms with Crippen LogP contribution in [0.4, 0.5) is 0 Å². The molecular weight excluding hydrogens is 390 g/mol. The second-order valence-corrected chi connectivity index (χ2v) is 8.28. The average Bonchev–Trinajstić information content (AvgIpc) is 2.79. The van der Waals surface area contributed by atoms with E-state index in [1.54, 1.807) is 17.8 Å². The van der Waals surface area contributed by atoms with Crippen molar-refractivity contribution in [3.63, 3.8) is 0 Å². The summed E-state index contributed by atoms with van der Waals surface area (Å²) in [7, 11) is 0. The molecule has 0 saturated carbocycles. The Morgan fingerprint density at radius 1 is 0.700 bits per heavy atom. The number of nitrogens with zero attached hydrogens (tertiary/aromatic N) is 1. The summed E-state index contributed by atoms with van der Waals surface area (Å²) in [6.45, 7) is 0. The van der Waals surface area contributed by atoms with Crippen LogP contribution in [0.2, 0.25) is 0 Å². The SMILES string of the molecule is O=c1cc2oc3cc(Sc4ccccc4)c4ccccc4c3nc-2c2ccccc12. The third-order valence-electron chi connectivity index (χ3n) is 5.30. The number of benzene rings is 5. The van der Waals surface area contributed by atoms with Crippen LogP contribution in [0.25, 0.3) is 44.1 Å². The number of hydrogen-bond acceptors (Lipinski definition) is 4. The highest BCUT2D eigenvalue weighted by Crippen LogP contribution is 2.39. The summed E-state index contributed by atoms with van der Waals surface area (Å²) in [5, 5.41) is 3.64. The second kappa shape index (κ2) is 6.71. The van der Waals surface area contributed by atoms with Crippen LogP contribution in [0.15, 0.2) is 110 Å². The van der Waals surface area contributed by atoms with E-state index in [9.17, 15) is 4.79 Å². The summed E-state index contributed by atoms with van der Waals surface area (Å²) in [6, 6.07) is 29.6. The monoisotopic (exact) mass is 405 g/mol. The first-order valence-corrected chi connectivity index (χ1v) is 10.5. The van der Waals surface area contributed by atoms with Gasteiger partial charge in [-0.3, -0.25) is 4.79 Å². The minimum atomic E-state index is -0.0531. The van der Waals surface area contributed by atoms with E-state index in [2.05, 4.69) is 24.3 Å². The van der Waals surface area contributed by atoms with Gasteiger partial charge in [0.1, 0.15) is 11.2 Å². The Bertz CT molecular complexity index is 1590. The van der Waals surface area contributed by atoms with Crippen LogP contribution in [0.1, 0.15) is 0 Å². The molecule has 30 heavy (non-hydrogen) atoms. The Kier molecular flexibility index (Phi) is 3.86. The third-order valence-corrected chi connectivity index (χ3v) is 6.37. The van der Waals surface area contributed by atoms with Crippen LogP contribution in [0.5, 0.6) is 0 Å². The molecule has 4 aromatic rings. The van der Waals surface area contributed by atoms with Crippen molar-refractivity contribution in [1.29, 1.82) is 0 Å². The van der Waals surface area contributed by atoms with Gasteiger partial charge in [-0.2, -0.15) is 0 Å². The van der Waals surface area contributed by atoms with Gasteiger partial charge < -0.3 is 4.42 Å². The van der Waals surface area contributed by atoms with Gasteiger partial charge in [0.2, 0.25) is 0 Å². The van der Waals surface area contributed by atoms with E-state index < -0.39 is 0 Å². The molecule has 0 aromatic heterocycles. The van der Waals surface area contributed by atoms with Crippen molar-refractivity contribution >= 4 is 44.4 Å². The van der Waals surface area contributed by atoms with E-state index in [1.165, 1.54) is 0 Å². The molecule has 0 fully saturated rings. The Morgan fingerprint density at radius 3 is 2.17 bits per heavy atom. The summed E-state index contributed by atoms with van der Waals surface area (Å²) >= 11 is 1.69. The highest BCUT2D eigenvalue weighted by atomic mass is 32.2. The Labute approximate surface area is 176 Å². The molecule has 0 atom stereocenters. The molecule has 0 N–H and O–H groups in total. The first kappa shape index (κ1) is 17.2. The third kappa shape index (κ3) is 2.69. The van der Waals surface area contributed by atoms with Gasteiger partial charge in [0.05, 0.1) is 0 Å². The molecule has 3 nitrogen and oxygen atoms in total. The Balaban J connectivity index is 1.71. The second-order valence-electron chi connectivity index (χ2n) is 7.16. The van der Waals surface area contributed by atoms with Crippen molar-refractivity contribution in [2.24, 2.45) is 0 Å². The average molecular weight is 405 g/mol. The quantitative estimate of drug-likeness (QED) is 0.236. The molecule has 0 saturated heterocycles. The Hall–Kier alpha value is -3.63. The lowest BCUT2D eigenvalue weighted by atomic mass is 10.0. The summed E-state index contributed by atoms with van der Waals surface area (Å²) in [6.07, 6.45) is 0. The van der Waals surface area contributed by atoms with Crippen LogP contribution >= 0.6 is 11.8 Å². The minimum Gasteiger partial charge on any atom is -0.453 e. The fourth-order valence-electron chi connectivity index (χ4n) is 3.92. The van der Waals surface area contributed by atoms with Crippen molar-refractivity contribution in [2.45, 2.75) is 9.79 Å². The van der Waals surface area contributed by atoms with Crippen LogP contribution in [0, 0.1) is 0 Å². The number of fused-ring (bicyclic) bond motifs is 6. The Morgan fingerprint density at radius 2 is 1.37 bits per heavy atom. The summed E-state index contributed by atoms with van der Waals surface area (Å²) < 4.78 is 6.25. The van der Waals surface area contributed by atoms with E-state index in [4.69, 9.17) is 9.40 Å². The standard InChI is InChI=1S/C26H15NO2S/c28-21-14-22-25(19-12-6-4-10-17(19)21)27-26-20-13-7-5-11-18(20)24(15-23(26)29-22)30-16-8-2-1-3-9-16/h1-15H. The van der Waals surface area contributed by atoms with E-state index in [-0.39, 0.29) is 5.43 Å². The minimum absolute atomic E-state index is 0.0531. The van der Waals surface area contributed by atoms with Crippen molar-refractivity contribution < 1.29 is 4.42 Å². The highest BCUT2D eigenvalue weighted by Gasteiger charge is 2.18. The van der Waals surface area contributed by atoms with Gasteiger partial charge in [-0.05, 0) is 23.6 Å². The zero-order valence-corrected chi connectivity index (χ0v) is 16.6. The van der Waals surface area contributed by atoms with Crippen molar-refractivity contribution in [3.8, 4) is 11.5 Å². The molecular formula is C26H15NO2S. The predicted molar refractivity (Wildman–Crippen MR) is 122 cm³/mol. The molecule has 142 valence electrons. The summed E-state index contributed by atoms with van der Waals surface area (Å²) in [5.41, 5.74) is 2.14. The number of aromatic nitrogens is 1. The largest absolute Gasteiger partial charge is 0.453 e. The van der Waals surface area contributed by atoms with Gasteiger partial charge >= 0.3 is 0 Å². The van der Waals surface area contributed by atoms with Gasteiger partial charge in [0, 0.05) is 32.0 Å². The molecule has 2 aliphatic rings. The normalized spacial score (nSPS) is 11.6. The zero-order chi connectivity index (χ0) is 20.1. The lowest BCUT2D eigenvalue weighted by Gasteiger charge is -2.13.